The fourth-order valence-corrected chi connectivity index (χ4v) is 3.37. The summed E-state index contributed by atoms with van der Waals surface area (Å²) in [7, 11) is 0. The van der Waals surface area contributed by atoms with Crippen molar-refractivity contribution in [3.8, 4) is 0 Å². The van der Waals surface area contributed by atoms with E-state index >= 15 is 0 Å². The van der Waals surface area contributed by atoms with Crippen molar-refractivity contribution in [2.45, 2.75) is 31.3 Å². The van der Waals surface area contributed by atoms with Gasteiger partial charge >= 0.3 is 0 Å². The molecule has 0 saturated heterocycles. The molecule has 0 aromatic heterocycles. The quantitative estimate of drug-likeness (QED) is 0.496. The van der Waals surface area contributed by atoms with Crippen molar-refractivity contribution in [3.05, 3.63) is 0 Å². The van der Waals surface area contributed by atoms with Crippen LogP contribution in [0.1, 0.15) is 25.7 Å². The van der Waals surface area contributed by atoms with Gasteiger partial charge in [-0.3, -0.25) is 0 Å². The number of rotatable bonds is 1. The van der Waals surface area contributed by atoms with Crippen LogP contribution in [-0.2, 0) is 0 Å². The lowest BCUT2D eigenvalue weighted by Crippen LogP contribution is -1.99. The minimum Gasteiger partial charge on any atom is -0.115 e. The molecule has 0 bridgehead atoms. The van der Waals surface area contributed by atoms with Crippen molar-refractivity contribution in [3.63, 3.8) is 0 Å². The minimum absolute atomic E-state index is 0.713. The van der Waals surface area contributed by atoms with Gasteiger partial charge in [-0.2, -0.15) is 0 Å². The van der Waals surface area contributed by atoms with Gasteiger partial charge in [0.2, 0.25) is 0 Å². The first-order chi connectivity index (χ1) is 4.11. The molecule has 1 aliphatic rings. The van der Waals surface area contributed by atoms with Gasteiger partial charge in [-0.25, -0.2) is 0 Å². The normalized spacial score (nSPS) is 22.9. The fraction of sp³-hybridized carbons (Fsp3) is 0.875. The van der Waals surface area contributed by atoms with Gasteiger partial charge in [0.25, 0.3) is 0 Å². The van der Waals surface area contributed by atoms with Crippen LogP contribution in [0.2, 0.25) is 0 Å². The molecule has 0 nitrogen and oxygen atoms in total. The predicted molar refractivity (Wildman–Crippen MR) is 48.1 cm³/mol. The Kier molecular flexibility index (Phi) is 2.06. The lowest BCUT2D eigenvalue weighted by molar-refractivity contribution is 0.886. The zero-order chi connectivity index (χ0) is 6.91. The summed E-state index contributed by atoms with van der Waals surface area (Å²) in [6, 6.07) is 0. The first-order valence-corrected chi connectivity index (χ1v) is 6.72. The van der Waals surface area contributed by atoms with E-state index in [1.54, 1.807) is 0 Å². The summed E-state index contributed by atoms with van der Waals surface area (Å²) in [5.41, 5.74) is 1.01. The molecule has 0 aromatic carbocycles. The Bertz CT molecular complexity index is 126. The van der Waals surface area contributed by atoms with E-state index < -0.39 is 6.89 Å². The van der Waals surface area contributed by atoms with E-state index in [0.717, 1.165) is 5.66 Å². The molecular formula is C8H17P. The molecule has 0 aliphatic heterocycles. The van der Waals surface area contributed by atoms with Crippen molar-refractivity contribution in [2.75, 3.05) is 13.3 Å². The van der Waals surface area contributed by atoms with E-state index in [4.69, 9.17) is 0 Å². The molecule has 0 N–H and O–H groups in total. The molecule has 0 heterocycles. The SMILES string of the molecule is C=P(C)(C)C1CCCC1. The molecule has 0 spiro atoms. The second kappa shape index (κ2) is 2.50. The van der Waals surface area contributed by atoms with Crippen molar-refractivity contribution < 1.29 is 0 Å². The monoisotopic (exact) mass is 144 g/mol. The Balaban J connectivity index is 2.52. The summed E-state index contributed by atoms with van der Waals surface area (Å²) >= 11 is 0. The molecule has 1 fully saturated rings. The van der Waals surface area contributed by atoms with Crippen LogP contribution < -0.4 is 0 Å². The largest absolute Gasteiger partial charge is 0.115 e. The summed E-state index contributed by atoms with van der Waals surface area (Å²) in [6.45, 7) is 4.01. The summed E-state index contributed by atoms with van der Waals surface area (Å²) in [5, 5.41) is 0. The summed E-state index contributed by atoms with van der Waals surface area (Å²) in [4.78, 5) is 0. The van der Waals surface area contributed by atoms with Gasteiger partial charge < -0.3 is 0 Å². The second-order valence-electron chi connectivity index (χ2n) is 3.72. The average Bonchev–Trinajstić information content (AvgIpc) is 2.08. The molecule has 1 aliphatic carbocycles. The van der Waals surface area contributed by atoms with Gasteiger partial charge in [-0.1, -0.05) is 12.8 Å². The molecule has 0 aromatic rings. The standard InChI is InChI=1S/C8H17P/c1-9(2,3)8-6-4-5-7-8/h8H,1,4-7H2,2-3H3. The van der Waals surface area contributed by atoms with Gasteiger partial charge in [0, 0.05) is 0 Å². The third-order valence-electron chi connectivity index (χ3n) is 2.31. The van der Waals surface area contributed by atoms with E-state index in [1.165, 1.54) is 25.7 Å². The first kappa shape index (κ1) is 7.41. The fourth-order valence-electron chi connectivity index (χ4n) is 1.60. The number of hydrogen-bond acceptors (Lipinski definition) is 0. The molecule has 1 rings (SSSR count). The van der Waals surface area contributed by atoms with Crippen molar-refractivity contribution in [1.29, 1.82) is 0 Å². The average molecular weight is 144 g/mol. The summed E-state index contributed by atoms with van der Waals surface area (Å²) in [5.74, 6) is 0. The highest BCUT2D eigenvalue weighted by atomic mass is 31.2. The maximum absolute atomic E-state index is 4.26. The van der Waals surface area contributed by atoms with Crippen LogP contribution in [0.4, 0.5) is 0 Å². The predicted octanol–water partition coefficient (Wildman–Crippen LogP) is 2.64. The highest BCUT2D eigenvalue weighted by Crippen LogP contribution is 2.49. The third kappa shape index (κ3) is 1.86. The summed E-state index contributed by atoms with van der Waals surface area (Å²) in [6.07, 6.45) is 10.1. The Morgan fingerprint density at radius 2 is 1.67 bits per heavy atom. The Labute approximate surface area is 58.6 Å². The highest BCUT2D eigenvalue weighted by Gasteiger charge is 2.20. The lowest BCUT2D eigenvalue weighted by atomic mass is 10.4. The van der Waals surface area contributed by atoms with Crippen LogP contribution in [0, 0.1) is 0 Å². The molecule has 0 unspecified atom stereocenters. The second-order valence-corrected chi connectivity index (χ2v) is 8.00. The van der Waals surface area contributed by atoms with Crippen LogP contribution in [0.15, 0.2) is 0 Å². The van der Waals surface area contributed by atoms with Crippen LogP contribution >= 0.6 is 6.89 Å². The van der Waals surface area contributed by atoms with Crippen LogP contribution in [-0.4, -0.2) is 25.3 Å². The van der Waals surface area contributed by atoms with Crippen LogP contribution in [0.5, 0.6) is 0 Å². The van der Waals surface area contributed by atoms with Gasteiger partial charge in [0.15, 0.2) is 0 Å². The topological polar surface area (TPSA) is 0 Å². The maximum Gasteiger partial charge on any atom is -0.0220 e. The molecule has 0 amide bonds. The molecule has 54 valence electrons. The van der Waals surface area contributed by atoms with E-state index in [-0.39, 0.29) is 0 Å². The van der Waals surface area contributed by atoms with Gasteiger partial charge in [-0.15, -0.1) is 13.2 Å². The molecule has 1 heteroatoms. The highest BCUT2D eigenvalue weighted by molar-refractivity contribution is 7.72. The van der Waals surface area contributed by atoms with Gasteiger partial charge in [0.1, 0.15) is 0 Å². The smallest absolute Gasteiger partial charge is 0.0220 e. The lowest BCUT2D eigenvalue weighted by Gasteiger charge is -2.20. The van der Waals surface area contributed by atoms with Crippen LogP contribution in [0.3, 0.4) is 0 Å². The molecule has 9 heavy (non-hydrogen) atoms. The van der Waals surface area contributed by atoms with Gasteiger partial charge in [0.05, 0.1) is 0 Å². The van der Waals surface area contributed by atoms with Gasteiger partial charge in [-0.05, 0) is 31.8 Å². The molecule has 1 saturated carbocycles. The molecule has 0 atom stereocenters. The van der Waals surface area contributed by atoms with E-state index in [9.17, 15) is 0 Å². The van der Waals surface area contributed by atoms with Crippen molar-refractivity contribution >= 4 is 13.2 Å². The zero-order valence-corrected chi connectivity index (χ0v) is 7.45. The van der Waals surface area contributed by atoms with E-state index in [2.05, 4.69) is 19.6 Å². The Hall–Kier alpha value is 0.300. The van der Waals surface area contributed by atoms with Crippen molar-refractivity contribution in [1.82, 2.24) is 0 Å². The molecule has 0 radical (unpaired) electrons. The van der Waals surface area contributed by atoms with Crippen LogP contribution in [0.25, 0.3) is 0 Å². The zero-order valence-electron chi connectivity index (χ0n) is 6.56. The van der Waals surface area contributed by atoms with E-state index in [1.807, 2.05) is 0 Å². The minimum atomic E-state index is -0.713. The number of hydrogen-bond donors (Lipinski definition) is 0. The van der Waals surface area contributed by atoms with E-state index in [0.29, 0.717) is 0 Å². The third-order valence-corrected chi connectivity index (χ3v) is 4.81. The molecular weight excluding hydrogens is 127 g/mol. The maximum atomic E-state index is 4.26. The summed E-state index contributed by atoms with van der Waals surface area (Å²) < 4.78 is 0. The first-order valence-electron chi connectivity index (χ1n) is 3.79. The Morgan fingerprint density at radius 1 is 1.22 bits per heavy atom. The Morgan fingerprint density at radius 3 is 1.89 bits per heavy atom. The van der Waals surface area contributed by atoms with Crippen molar-refractivity contribution in [2.24, 2.45) is 0 Å².